The first-order chi connectivity index (χ1) is 9.81. The minimum atomic E-state index is -0.580. The highest BCUT2D eigenvalue weighted by atomic mass is 35.5. The normalized spacial score (nSPS) is 18.3. The standard InChI is InChI=1S/C14H18ClN3O3/c1-8(2)9-3-4-17(7-9)14(19)11-5-10(18(20)21)6-12(15)13(11)16/h5-6,8-9H,3-4,7,16H2,1-2H3. The summed E-state index contributed by atoms with van der Waals surface area (Å²) in [5.41, 5.74) is 5.79. The van der Waals surface area contributed by atoms with Gasteiger partial charge in [-0.05, 0) is 18.3 Å². The molecule has 1 saturated heterocycles. The van der Waals surface area contributed by atoms with Gasteiger partial charge in [-0.1, -0.05) is 25.4 Å². The van der Waals surface area contributed by atoms with Crippen LogP contribution in [0.15, 0.2) is 12.1 Å². The molecule has 1 fully saturated rings. The minimum absolute atomic E-state index is 0.0344. The Kier molecular flexibility index (Phi) is 4.37. The molecule has 0 aliphatic carbocycles. The molecule has 7 heteroatoms. The molecule has 1 aliphatic rings. The van der Waals surface area contributed by atoms with Crippen molar-refractivity contribution >= 4 is 28.9 Å². The molecule has 114 valence electrons. The number of hydrogen-bond acceptors (Lipinski definition) is 4. The maximum Gasteiger partial charge on any atom is 0.271 e. The van der Waals surface area contributed by atoms with Crippen molar-refractivity contribution in [3.8, 4) is 0 Å². The molecule has 1 unspecified atom stereocenters. The molecule has 0 aromatic heterocycles. The number of carbonyl (C=O) groups is 1. The van der Waals surface area contributed by atoms with E-state index in [9.17, 15) is 14.9 Å². The topological polar surface area (TPSA) is 89.5 Å². The zero-order valence-electron chi connectivity index (χ0n) is 12.0. The highest BCUT2D eigenvalue weighted by Crippen LogP contribution is 2.31. The molecule has 0 spiro atoms. The van der Waals surface area contributed by atoms with Gasteiger partial charge in [0.1, 0.15) is 0 Å². The summed E-state index contributed by atoms with van der Waals surface area (Å²) in [6.45, 7) is 5.53. The van der Waals surface area contributed by atoms with Crippen molar-refractivity contribution in [3.63, 3.8) is 0 Å². The van der Waals surface area contributed by atoms with E-state index in [0.29, 0.717) is 24.9 Å². The number of halogens is 1. The van der Waals surface area contributed by atoms with Crippen molar-refractivity contribution in [2.45, 2.75) is 20.3 Å². The SMILES string of the molecule is CC(C)C1CCN(C(=O)c2cc([N+](=O)[O-])cc(Cl)c2N)C1. The molecule has 1 aromatic rings. The lowest BCUT2D eigenvalue weighted by molar-refractivity contribution is -0.384. The Bertz CT molecular complexity index is 589. The summed E-state index contributed by atoms with van der Waals surface area (Å²) < 4.78 is 0. The number of nitrogens with zero attached hydrogens (tertiary/aromatic N) is 2. The fraction of sp³-hybridized carbons (Fsp3) is 0.500. The summed E-state index contributed by atoms with van der Waals surface area (Å²) in [5, 5.41) is 10.9. The van der Waals surface area contributed by atoms with Crippen LogP contribution in [-0.4, -0.2) is 28.8 Å². The third kappa shape index (κ3) is 3.10. The van der Waals surface area contributed by atoms with Gasteiger partial charge in [0.25, 0.3) is 11.6 Å². The second kappa shape index (κ2) is 5.89. The van der Waals surface area contributed by atoms with E-state index < -0.39 is 4.92 Å². The van der Waals surface area contributed by atoms with Gasteiger partial charge in [-0.25, -0.2) is 0 Å². The Labute approximate surface area is 128 Å². The average Bonchev–Trinajstić information content (AvgIpc) is 2.90. The van der Waals surface area contributed by atoms with Gasteiger partial charge < -0.3 is 10.6 Å². The molecule has 0 bridgehead atoms. The van der Waals surface area contributed by atoms with Crippen molar-refractivity contribution in [3.05, 3.63) is 32.8 Å². The maximum absolute atomic E-state index is 12.5. The predicted molar refractivity (Wildman–Crippen MR) is 81.4 cm³/mol. The quantitative estimate of drug-likeness (QED) is 0.528. The van der Waals surface area contributed by atoms with Crippen molar-refractivity contribution in [2.24, 2.45) is 11.8 Å². The molecule has 1 heterocycles. The highest BCUT2D eigenvalue weighted by Gasteiger charge is 2.30. The molecular weight excluding hydrogens is 294 g/mol. The molecule has 1 atom stereocenters. The first kappa shape index (κ1) is 15.6. The van der Waals surface area contributed by atoms with Crippen molar-refractivity contribution in [1.82, 2.24) is 4.90 Å². The van der Waals surface area contributed by atoms with E-state index in [4.69, 9.17) is 17.3 Å². The van der Waals surface area contributed by atoms with Gasteiger partial charge in [-0.2, -0.15) is 0 Å². The Balaban J connectivity index is 2.29. The number of non-ortho nitro benzene ring substituents is 1. The van der Waals surface area contributed by atoms with E-state index in [0.717, 1.165) is 12.5 Å². The predicted octanol–water partition coefficient (Wildman–Crippen LogP) is 2.95. The summed E-state index contributed by atoms with van der Waals surface area (Å²) in [4.78, 5) is 24.5. The third-order valence-corrected chi connectivity index (χ3v) is 4.32. The van der Waals surface area contributed by atoms with Crippen molar-refractivity contribution in [1.29, 1.82) is 0 Å². The number of likely N-dealkylation sites (tertiary alicyclic amines) is 1. The summed E-state index contributed by atoms with van der Waals surface area (Å²) in [5.74, 6) is 0.652. The molecule has 0 saturated carbocycles. The number of rotatable bonds is 3. The van der Waals surface area contributed by atoms with Gasteiger partial charge in [0.05, 0.1) is 21.2 Å². The van der Waals surface area contributed by atoms with E-state index in [1.165, 1.54) is 6.07 Å². The summed E-state index contributed by atoms with van der Waals surface area (Å²) in [7, 11) is 0. The number of hydrogen-bond donors (Lipinski definition) is 1. The zero-order valence-corrected chi connectivity index (χ0v) is 12.8. The van der Waals surface area contributed by atoms with E-state index in [-0.39, 0.29) is 27.9 Å². The van der Waals surface area contributed by atoms with Gasteiger partial charge in [0, 0.05) is 25.2 Å². The van der Waals surface area contributed by atoms with Gasteiger partial charge in [0.15, 0.2) is 0 Å². The Hall–Kier alpha value is -1.82. The van der Waals surface area contributed by atoms with Crippen LogP contribution in [0.5, 0.6) is 0 Å². The fourth-order valence-electron chi connectivity index (χ4n) is 2.57. The number of nitrogen functional groups attached to an aromatic ring is 1. The number of nitro benzene ring substituents is 1. The second-order valence-corrected chi connectivity index (χ2v) is 6.10. The molecule has 0 radical (unpaired) electrons. The monoisotopic (exact) mass is 311 g/mol. The lowest BCUT2D eigenvalue weighted by Crippen LogP contribution is -2.30. The molecule has 21 heavy (non-hydrogen) atoms. The van der Waals surface area contributed by atoms with Gasteiger partial charge >= 0.3 is 0 Å². The molecule has 6 nitrogen and oxygen atoms in total. The Morgan fingerprint density at radius 2 is 2.19 bits per heavy atom. The Morgan fingerprint density at radius 3 is 2.71 bits per heavy atom. The third-order valence-electron chi connectivity index (χ3n) is 4.01. The smallest absolute Gasteiger partial charge is 0.271 e. The van der Waals surface area contributed by atoms with Crippen LogP contribution in [0, 0.1) is 22.0 Å². The number of benzene rings is 1. The van der Waals surface area contributed by atoms with Crippen molar-refractivity contribution in [2.75, 3.05) is 18.8 Å². The average molecular weight is 312 g/mol. The van der Waals surface area contributed by atoms with Crippen LogP contribution in [0.1, 0.15) is 30.6 Å². The first-order valence-electron chi connectivity index (χ1n) is 6.84. The van der Waals surface area contributed by atoms with Crippen LogP contribution in [-0.2, 0) is 0 Å². The fourth-order valence-corrected chi connectivity index (χ4v) is 2.79. The summed E-state index contributed by atoms with van der Waals surface area (Å²) in [6, 6.07) is 2.36. The Morgan fingerprint density at radius 1 is 1.52 bits per heavy atom. The molecule has 1 amide bonds. The van der Waals surface area contributed by atoms with Crippen LogP contribution in [0.2, 0.25) is 5.02 Å². The van der Waals surface area contributed by atoms with E-state index in [1.807, 2.05) is 0 Å². The van der Waals surface area contributed by atoms with Crippen LogP contribution in [0.25, 0.3) is 0 Å². The number of amides is 1. The largest absolute Gasteiger partial charge is 0.397 e. The minimum Gasteiger partial charge on any atom is -0.397 e. The molecule has 1 aliphatic heterocycles. The van der Waals surface area contributed by atoms with Crippen LogP contribution < -0.4 is 5.73 Å². The number of nitro groups is 1. The highest BCUT2D eigenvalue weighted by molar-refractivity contribution is 6.34. The van der Waals surface area contributed by atoms with Crippen LogP contribution >= 0.6 is 11.6 Å². The van der Waals surface area contributed by atoms with Crippen LogP contribution in [0.3, 0.4) is 0 Å². The summed E-state index contributed by atoms with van der Waals surface area (Å²) >= 11 is 5.89. The summed E-state index contributed by atoms with van der Waals surface area (Å²) in [6.07, 6.45) is 0.936. The van der Waals surface area contributed by atoms with E-state index in [1.54, 1.807) is 4.90 Å². The first-order valence-corrected chi connectivity index (χ1v) is 7.21. The second-order valence-electron chi connectivity index (χ2n) is 5.69. The number of carbonyl (C=O) groups excluding carboxylic acids is 1. The van der Waals surface area contributed by atoms with Gasteiger partial charge in [0.2, 0.25) is 0 Å². The number of nitrogens with two attached hydrogens (primary N) is 1. The molecule has 2 rings (SSSR count). The van der Waals surface area contributed by atoms with Gasteiger partial charge in [-0.3, -0.25) is 14.9 Å². The van der Waals surface area contributed by atoms with Crippen molar-refractivity contribution < 1.29 is 9.72 Å². The van der Waals surface area contributed by atoms with Crippen LogP contribution in [0.4, 0.5) is 11.4 Å². The lowest BCUT2D eigenvalue weighted by atomic mass is 9.95. The lowest BCUT2D eigenvalue weighted by Gasteiger charge is -2.19. The van der Waals surface area contributed by atoms with E-state index >= 15 is 0 Å². The van der Waals surface area contributed by atoms with Gasteiger partial charge in [-0.15, -0.1) is 0 Å². The molecule has 1 aromatic carbocycles. The number of anilines is 1. The maximum atomic E-state index is 12.5. The molecule has 2 N–H and O–H groups in total. The van der Waals surface area contributed by atoms with E-state index in [2.05, 4.69) is 13.8 Å². The zero-order chi connectivity index (χ0) is 15.7. The molecular formula is C14H18ClN3O3.